The van der Waals surface area contributed by atoms with Crippen LogP contribution in [0, 0.1) is 0 Å². The monoisotopic (exact) mass is 606 g/mol. The Bertz CT molecular complexity index is 1830. The second-order valence-corrected chi connectivity index (χ2v) is 11.5. The van der Waals surface area contributed by atoms with Gasteiger partial charge in [0.15, 0.2) is 12.1 Å². The summed E-state index contributed by atoms with van der Waals surface area (Å²) >= 11 is 0. The van der Waals surface area contributed by atoms with Crippen LogP contribution < -0.4 is 25.2 Å². The van der Waals surface area contributed by atoms with Crippen molar-refractivity contribution in [2.24, 2.45) is 5.73 Å². The lowest BCUT2D eigenvalue weighted by Gasteiger charge is -2.24. The van der Waals surface area contributed by atoms with Gasteiger partial charge >= 0.3 is 5.65 Å². The van der Waals surface area contributed by atoms with Gasteiger partial charge in [-0.25, -0.2) is 4.57 Å². The van der Waals surface area contributed by atoms with Crippen molar-refractivity contribution in [2.45, 2.75) is 38.1 Å². The molecule has 1 saturated heterocycles. The molecule has 2 aromatic carbocycles. The molecule has 11 nitrogen and oxygen atoms in total. The zero-order chi connectivity index (χ0) is 30.9. The number of methoxy groups -OCH3 is 1. The number of imidazole rings is 1. The average molecular weight is 607 g/mol. The minimum Gasteiger partial charge on any atom is -0.497 e. The molecule has 5 aromatic rings. The van der Waals surface area contributed by atoms with Crippen LogP contribution in [0.1, 0.15) is 53.2 Å². The third-order valence-electron chi connectivity index (χ3n) is 8.47. The minimum absolute atomic E-state index is 0.296. The van der Waals surface area contributed by atoms with E-state index >= 15 is 0 Å². The highest BCUT2D eigenvalue weighted by Crippen LogP contribution is 2.36. The Kier molecular flexibility index (Phi) is 7.78. The summed E-state index contributed by atoms with van der Waals surface area (Å²) in [4.78, 5) is 19.5. The van der Waals surface area contributed by atoms with Gasteiger partial charge in [0.1, 0.15) is 23.7 Å². The number of carbonyl (C=O) groups is 1. The van der Waals surface area contributed by atoms with Crippen molar-refractivity contribution in [3.05, 3.63) is 95.9 Å². The van der Waals surface area contributed by atoms with Gasteiger partial charge in [0.2, 0.25) is 0 Å². The Balaban J connectivity index is 1.24. The number of carbonyl (C=O) groups excluding carboxylic acids is 1. The summed E-state index contributed by atoms with van der Waals surface area (Å²) in [7, 11) is 3.71. The van der Waals surface area contributed by atoms with Gasteiger partial charge in [0.05, 0.1) is 26.0 Å². The topological polar surface area (TPSA) is 121 Å². The first-order valence-electron chi connectivity index (χ1n) is 15.2. The highest BCUT2D eigenvalue weighted by atomic mass is 16.7. The molecule has 45 heavy (non-hydrogen) atoms. The van der Waals surface area contributed by atoms with Crippen LogP contribution >= 0.6 is 0 Å². The van der Waals surface area contributed by atoms with Crippen LogP contribution in [-0.4, -0.2) is 47.9 Å². The standard InChI is InChI=1S/C34H35N7O4/c1-39(20-22-9-12-27(43-2)13-10-22)29-18-31(38-41-30(32(35)42)21-40(33(29)41)26-7-4-8-26)37-25-6-3-5-23(17-25)28-14-11-24(19-36-28)34-44-15-16-45-34/h3,5-6,9-14,17-19,21,26,34H,4,7-8,15-16,20H2,1-2H3,(H2-,35,37,38,42)/p+1. The first-order valence-corrected chi connectivity index (χ1v) is 15.2. The number of pyridine rings is 1. The van der Waals surface area contributed by atoms with E-state index in [1.807, 2.05) is 67.8 Å². The predicted octanol–water partition coefficient (Wildman–Crippen LogP) is 4.94. The van der Waals surface area contributed by atoms with E-state index in [2.05, 4.69) is 31.9 Å². The molecular formula is C34H36N7O4+. The Morgan fingerprint density at radius 3 is 2.58 bits per heavy atom. The average Bonchev–Trinajstić information content (AvgIpc) is 3.70. The minimum atomic E-state index is -0.526. The van der Waals surface area contributed by atoms with E-state index < -0.39 is 5.91 Å². The maximum Gasteiger partial charge on any atom is 0.332 e. The van der Waals surface area contributed by atoms with Crippen LogP contribution in [0.5, 0.6) is 5.75 Å². The van der Waals surface area contributed by atoms with Crippen LogP contribution in [0.15, 0.2) is 79.1 Å². The summed E-state index contributed by atoms with van der Waals surface area (Å²) in [5, 5.41) is 8.35. The molecule has 2 fully saturated rings. The molecule has 1 aliphatic heterocycles. The summed E-state index contributed by atoms with van der Waals surface area (Å²) in [6.07, 6.45) is 6.53. The van der Waals surface area contributed by atoms with Gasteiger partial charge in [0.25, 0.3) is 11.6 Å². The molecule has 0 unspecified atom stereocenters. The first kappa shape index (κ1) is 28.8. The largest absolute Gasteiger partial charge is 0.497 e. The van der Waals surface area contributed by atoms with Crippen molar-refractivity contribution in [1.29, 1.82) is 0 Å². The number of anilines is 3. The molecule has 1 saturated carbocycles. The summed E-state index contributed by atoms with van der Waals surface area (Å²) in [6.45, 7) is 1.81. The summed E-state index contributed by atoms with van der Waals surface area (Å²) < 4.78 is 20.4. The van der Waals surface area contributed by atoms with E-state index in [9.17, 15) is 4.79 Å². The third-order valence-corrected chi connectivity index (χ3v) is 8.47. The van der Waals surface area contributed by atoms with E-state index in [4.69, 9.17) is 25.0 Å². The van der Waals surface area contributed by atoms with E-state index in [0.717, 1.165) is 64.4 Å². The van der Waals surface area contributed by atoms with Crippen molar-refractivity contribution in [2.75, 3.05) is 37.6 Å². The molecule has 0 bridgehead atoms. The van der Waals surface area contributed by atoms with Crippen LogP contribution in [0.25, 0.3) is 16.9 Å². The molecule has 0 radical (unpaired) electrons. The Morgan fingerprint density at radius 1 is 1.11 bits per heavy atom. The third kappa shape index (κ3) is 5.79. The fourth-order valence-corrected chi connectivity index (χ4v) is 5.86. The second kappa shape index (κ2) is 12.2. The highest BCUT2D eigenvalue weighted by Gasteiger charge is 2.34. The van der Waals surface area contributed by atoms with E-state index in [1.165, 1.54) is 0 Å². The van der Waals surface area contributed by atoms with Crippen molar-refractivity contribution >= 4 is 28.7 Å². The Hall–Kier alpha value is -5.00. The zero-order valence-corrected chi connectivity index (χ0v) is 25.3. The number of benzene rings is 2. The molecule has 11 heteroatoms. The lowest BCUT2D eigenvalue weighted by Crippen LogP contribution is -2.37. The zero-order valence-electron chi connectivity index (χ0n) is 25.3. The quantitative estimate of drug-likeness (QED) is 0.215. The number of ether oxygens (including phenoxy) is 3. The molecule has 3 aromatic heterocycles. The van der Waals surface area contributed by atoms with Crippen molar-refractivity contribution in [1.82, 2.24) is 14.6 Å². The Labute approximate surface area is 261 Å². The van der Waals surface area contributed by atoms with Crippen LogP contribution in [-0.2, 0) is 16.0 Å². The SMILES string of the molecule is COc1ccc(CN(C)c2cc(Nc3cccc(-c4ccc(C5OCCO5)cn4)c3)n[n+]3c(C(N)=O)cn(C4CCC4)c23)cc1. The maximum atomic E-state index is 12.6. The van der Waals surface area contributed by atoms with Crippen molar-refractivity contribution in [3.8, 4) is 17.0 Å². The fraction of sp³-hybridized carbons (Fsp3) is 0.294. The van der Waals surface area contributed by atoms with Crippen LogP contribution in [0.2, 0.25) is 0 Å². The van der Waals surface area contributed by atoms with Gasteiger partial charge in [-0.3, -0.25) is 9.78 Å². The summed E-state index contributed by atoms with van der Waals surface area (Å²) in [6, 6.07) is 22.3. The molecule has 3 N–H and O–H groups in total. The molecule has 4 heterocycles. The smallest absolute Gasteiger partial charge is 0.332 e. The number of nitrogens with zero attached hydrogens (tertiary/aromatic N) is 5. The summed E-state index contributed by atoms with van der Waals surface area (Å²) in [5.41, 5.74) is 12.6. The number of nitrogens with one attached hydrogen (secondary N) is 1. The summed E-state index contributed by atoms with van der Waals surface area (Å²) in [5.74, 6) is 0.861. The molecular weight excluding hydrogens is 570 g/mol. The number of nitrogens with two attached hydrogens (primary N) is 1. The second-order valence-electron chi connectivity index (χ2n) is 11.5. The first-order chi connectivity index (χ1) is 22.0. The van der Waals surface area contributed by atoms with Gasteiger partial charge in [0, 0.05) is 42.7 Å². The number of rotatable bonds is 10. The van der Waals surface area contributed by atoms with Crippen LogP contribution in [0.3, 0.4) is 0 Å². The normalized spacial score (nSPS) is 15.2. The lowest BCUT2D eigenvalue weighted by atomic mass is 9.93. The predicted molar refractivity (Wildman–Crippen MR) is 169 cm³/mol. The molecule has 230 valence electrons. The van der Waals surface area contributed by atoms with Crippen LogP contribution in [0.4, 0.5) is 17.2 Å². The lowest BCUT2D eigenvalue weighted by molar-refractivity contribution is -0.580. The van der Waals surface area contributed by atoms with E-state index in [-0.39, 0.29) is 6.29 Å². The number of hydrogen-bond acceptors (Lipinski definition) is 8. The molecule has 0 spiro atoms. The number of aromatic nitrogens is 4. The highest BCUT2D eigenvalue weighted by molar-refractivity contribution is 5.90. The molecule has 7 rings (SSSR count). The molecule has 1 aliphatic carbocycles. The fourth-order valence-electron chi connectivity index (χ4n) is 5.86. The molecule has 1 amide bonds. The number of hydrogen-bond donors (Lipinski definition) is 2. The van der Waals surface area contributed by atoms with Crippen molar-refractivity contribution < 1.29 is 23.5 Å². The maximum absolute atomic E-state index is 12.6. The molecule has 0 atom stereocenters. The van der Waals surface area contributed by atoms with E-state index in [0.29, 0.717) is 37.3 Å². The van der Waals surface area contributed by atoms with Crippen molar-refractivity contribution in [3.63, 3.8) is 0 Å². The molecule has 2 aliphatic rings. The van der Waals surface area contributed by atoms with Gasteiger partial charge in [-0.05, 0) is 55.2 Å². The Morgan fingerprint density at radius 2 is 1.91 bits per heavy atom. The van der Waals surface area contributed by atoms with Gasteiger partial charge in [-0.15, -0.1) is 0 Å². The number of fused-ring (bicyclic) bond motifs is 1. The number of primary amides is 1. The number of amides is 1. The van der Waals surface area contributed by atoms with Gasteiger partial charge < -0.3 is 30.2 Å². The van der Waals surface area contributed by atoms with E-state index in [1.54, 1.807) is 17.8 Å². The van der Waals surface area contributed by atoms with Gasteiger partial charge in [-0.1, -0.05) is 39.9 Å². The van der Waals surface area contributed by atoms with Gasteiger partial charge in [-0.2, -0.15) is 0 Å².